The smallest absolute Gasteiger partial charge is 0.287 e. The highest BCUT2D eigenvalue weighted by molar-refractivity contribution is 5.92. The van der Waals surface area contributed by atoms with Gasteiger partial charge in [0.05, 0.1) is 10.9 Å². The van der Waals surface area contributed by atoms with Gasteiger partial charge in [0.25, 0.3) is 11.5 Å². The summed E-state index contributed by atoms with van der Waals surface area (Å²) in [7, 11) is 1.97. The molecule has 0 fully saturated rings. The van der Waals surface area contributed by atoms with Crippen LogP contribution in [0.3, 0.4) is 0 Å². The Morgan fingerprint density at radius 3 is 2.60 bits per heavy atom. The van der Waals surface area contributed by atoms with Crippen LogP contribution in [0.2, 0.25) is 0 Å². The average Bonchev–Trinajstić information content (AvgIpc) is 2.65. The largest absolute Gasteiger partial charge is 0.370 e. The first kappa shape index (κ1) is 16.7. The zero-order chi connectivity index (χ0) is 17.8. The third kappa shape index (κ3) is 3.68. The van der Waals surface area contributed by atoms with Crippen molar-refractivity contribution in [2.75, 3.05) is 18.5 Å². The first-order chi connectivity index (χ1) is 12.1. The SMILES string of the molecule is CC(CNC(=O)c1nc2ccccc2c(=O)[nH]1)N(C)c1ccccc1. The summed E-state index contributed by atoms with van der Waals surface area (Å²) in [6.45, 7) is 2.45. The van der Waals surface area contributed by atoms with Crippen LogP contribution in [0.1, 0.15) is 17.5 Å². The van der Waals surface area contributed by atoms with Crippen LogP contribution in [-0.4, -0.2) is 35.5 Å². The number of rotatable bonds is 5. The van der Waals surface area contributed by atoms with Crippen LogP contribution in [-0.2, 0) is 0 Å². The summed E-state index contributed by atoms with van der Waals surface area (Å²) < 4.78 is 0. The Kier molecular flexibility index (Phi) is 4.79. The third-order valence-electron chi connectivity index (χ3n) is 4.21. The van der Waals surface area contributed by atoms with Crippen LogP contribution in [0.25, 0.3) is 10.9 Å². The summed E-state index contributed by atoms with van der Waals surface area (Å²) in [5, 5.41) is 3.30. The van der Waals surface area contributed by atoms with E-state index in [1.807, 2.05) is 44.3 Å². The fraction of sp³-hybridized carbons (Fsp3) is 0.211. The molecule has 0 aliphatic rings. The molecule has 25 heavy (non-hydrogen) atoms. The Bertz CT molecular complexity index is 937. The van der Waals surface area contributed by atoms with E-state index in [9.17, 15) is 9.59 Å². The minimum Gasteiger partial charge on any atom is -0.370 e. The lowest BCUT2D eigenvalue weighted by molar-refractivity contribution is 0.0941. The number of benzene rings is 2. The van der Waals surface area contributed by atoms with Gasteiger partial charge in [-0.05, 0) is 31.2 Å². The van der Waals surface area contributed by atoms with Crippen molar-refractivity contribution in [3.63, 3.8) is 0 Å². The van der Waals surface area contributed by atoms with Gasteiger partial charge in [0.2, 0.25) is 0 Å². The lowest BCUT2D eigenvalue weighted by Gasteiger charge is -2.27. The van der Waals surface area contributed by atoms with Gasteiger partial charge in [-0.25, -0.2) is 4.98 Å². The monoisotopic (exact) mass is 336 g/mol. The number of carbonyl (C=O) groups is 1. The molecule has 1 atom stereocenters. The number of anilines is 1. The molecular weight excluding hydrogens is 316 g/mol. The zero-order valence-corrected chi connectivity index (χ0v) is 14.2. The molecule has 0 radical (unpaired) electrons. The molecule has 0 saturated heterocycles. The van der Waals surface area contributed by atoms with E-state index in [0.717, 1.165) is 5.69 Å². The molecule has 0 saturated carbocycles. The van der Waals surface area contributed by atoms with E-state index in [4.69, 9.17) is 0 Å². The van der Waals surface area contributed by atoms with Crippen molar-refractivity contribution in [1.82, 2.24) is 15.3 Å². The van der Waals surface area contributed by atoms with Gasteiger partial charge in [-0.2, -0.15) is 0 Å². The maximum atomic E-state index is 12.3. The molecule has 128 valence electrons. The van der Waals surface area contributed by atoms with E-state index in [2.05, 4.69) is 20.2 Å². The number of nitrogens with zero attached hydrogens (tertiary/aromatic N) is 2. The minimum atomic E-state index is -0.392. The lowest BCUT2D eigenvalue weighted by atomic mass is 10.2. The highest BCUT2D eigenvalue weighted by Gasteiger charge is 2.14. The average molecular weight is 336 g/mol. The molecular formula is C19H20N4O2. The van der Waals surface area contributed by atoms with Gasteiger partial charge in [0.15, 0.2) is 5.82 Å². The van der Waals surface area contributed by atoms with Gasteiger partial charge >= 0.3 is 0 Å². The zero-order valence-electron chi connectivity index (χ0n) is 14.2. The number of carbonyl (C=O) groups excluding carboxylic acids is 1. The van der Waals surface area contributed by atoms with Crippen molar-refractivity contribution in [2.45, 2.75) is 13.0 Å². The molecule has 2 N–H and O–H groups in total. The molecule has 3 aromatic rings. The lowest BCUT2D eigenvalue weighted by Crippen LogP contribution is -2.41. The van der Waals surface area contributed by atoms with Crippen LogP contribution in [0.4, 0.5) is 5.69 Å². The topological polar surface area (TPSA) is 78.1 Å². The summed E-state index contributed by atoms with van der Waals surface area (Å²) in [6.07, 6.45) is 0. The molecule has 0 spiro atoms. The molecule has 6 heteroatoms. The number of H-pyrrole nitrogens is 1. The predicted molar refractivity (Wildman–Crippen MR) is 99.0 cm³/mol. The Hall–Kier alpha value is -3.15. The Morgan fingerprint density at radius 1 is 1.16 bits per heavy atom. The molecule has 3 rings (SSSR count). The number of aromatic amines is 1. The molecule has 1 aromatic heterocycles. The van der Waals surface area contributed by atoms with Crippen molar-refractivity contribution in [3.8, 4) is 0 Å². The fourth-order valence-electron chi connectivity index (χ4n) is 2.57. The van der Waals surface area contributed by atoms with Gasteiger partial charge < -0.3 is 15.2 Å². The van der Waals surface area contributed by atoms with Crippen LogP contribution in [0, 0.1) is 0 Å². The first-order valence-electron chi connectivity index (χ1n) is 8.11. The number of amides is 1. The molecule has 1 unspecified atom stereocenters. The molecule has 6 nitrogen and oxygen atoms in total. The van der Waals surface area contributed by atoms with E-state index in [0.29, 0.717) is 17.4 Å². The second kappa shape index (κ2) is 7.17. The second-order valence-corrected chi connectivity index (χ2v) is 5.94. The summed E-state index contributed by atoms with van der Waals surface area (Å²) in [6, 6.07) is 17.0. The normalized spacial score (nSPS) is 11.9. The van der Waals surface area contributed by atoms with Crippen molar-refractivity contribution < 1.29 is 4.79 Å². The highest BCUT2D eigenvalue weighted by atomic mass is 16.2. The van der Waals surface area contributed by atoms with Crippen LogP contribution < -0.4 is 15.8 Å². The van der Waals surface area contributed by atoms with Crippen LogP contribution in [0.5, 0.6) is 0 Å². The maximum Gasteiger partial charge on any atom is 0.287 e. The van der Waals surface area contributed by atoms with Gasteiger partial charge in [-0.3, -0.25) is 9.59 Å². The molecule has 0 bridgehead atoms. The quantitative estimate of drug-likeness (QED) is 0.748. The van der Waals surface area contributed by atoms with Gasteiger partial charge in [-0.1, -0.05) is 30.3 Å². The Labute approximate surface area is 145 Å². The number of hydrogen-bond acceptors (Lipinski definition) is 4. The third-order valence-corrected chi connectivity index (χ3v) is 4.21. The number of fused-ring (bicyclic) bond motifs is 1. The summed E-state index contributed by atoms with van der Waals surface area (Å²) in [5.74, 6) is -0.366. The number of hydrogen-bond donors (Lipinski definition) is 2. The molecule has 0 aliphatic carbocycles. The minimum absolute atomic E-state index is 0.0262. The molecule has 1 heterocycles. The van der Waals surface area contributed by atoms with Crippen molar-refractivity contribution in [2.24, 2.45) is 0 Å². The number of aromatic nitrogens is 2. The van der Waals surface area contributed by atoms with Gasteiger partial charge in [0.1, 0.15) is 0 Å². The first-order valence-corrected chi connectivity index (χ1v) is 8.11. The number of nitrogens with one attached hydrogen (secondary N) is 2. The maximum absolute atomic E-state index is 12.3. The van der Waals surface area contributed by atoms with E-state index in [1.165, 1.54) is 0 Å². The van der Waals surface area contributed by atoms with E-state index >= 15 is 0 Å². The summed E-state index contributed by atoms with van der Waals surface area (Å²) in [5.41, 5.74) is 1.26. The molecule has 2 aromatic carbocycles. The van der Waals surface area contributed by atoms with E-state index < -0.39 is 5.91 Å². The van der Waals surface area contributed by atoms with E-state index in [-0.39, 0.29) is 17.4 Å². The Balaban J connectivity index is 1.69. The van der Waals surface area contributed by atoms with Crippen molar-refractivity contribution in [3.05, 3.63) is 70.8 Å². The number of para-hydroxylation sites is 2. The number of likely N-dealkylation sites (N-methyl/N-ethyl adjacent to an activating group) is 1. The Morgan fingerprint density at radius 2 is 1.84 bits per heavy atom. The van der Waals surface area contributed by atoms with Gasteiger partial charge in [-0.15, -0.1) is 0 Å². The van der Waals surface area contributed by atoms with Gasteiger partial charge in [0, 0.05) is 25.3 Å². The van der Waals surface area contributed by atoms with Crippen LogP contribution >= 0.6 is 0 Å². The van der Waals surface area contributed by atoms with E-state index in [1.54, 1.807) is 24.3 Å². The standard InChI is InChI=1S/C19H20N4O2/c1-13(23(2)14-8-4-3-5-9-14)12-20-19(25)17-21-16-11-7-6-10-15(16)18(24)22-17/h3-11,13H,12H2,1-2H3,(H,20,25)(H,21,22,24). The summed E-state index contributed by atoms with van der Waals surface area (Å²) in [4.78, 5) is 33.3. The summed E-state index contributed by atoms with van der Waals surface area (Å²) >= 11 is 0. The van der Waals surface area contributed by atoms with Crippen LogP contribution in [0.15, 0.2) is 59.4 Å². The highest BCUT2D eigenvalue weighted by Crippen LogP contribution is 2.13. The predicted octanol–water partition coefficient (Wildman–Crippen LogP) is 2.18. The second-order valence-electron chi connectivity index (χ2n) is 5.94. The molecule has 0 aliphatic heterocycles. The molecule has 1 amide bonds. The van der Waals surface area contributed by atoms with Crippen molar-refractivity contribution in [1.29, 1.82) is 0 Å². The van der Waals surface area contributed by atoms with Crippen molar-refractivity contribution >= 4 is 22.5 Å². The fourth-order valence-corrected chi connectivity index (χ4v) is 2.57.